The van der Waals surface area contributed by atoms with Gasteiger partial charge in [-0.15, -0.1) is 10.2 Å². The second-order valence-electron chi connectivity index (χ2n) is 7.06. The van der Waals surface area contributed by atoms with Crippen LogP contribution in [-0.4, -0.2) is 46.9 Å². The fourth-order valence-electron chi connectivity index (χ4n) is 3.13. The summed E-state index contributed by atoms with van der Waals surface area (Å²) in [5, 5.41) is 13.3. The molecule has 3 aromatic carbocycles. The van der Waals surface area contributed by atoms with Crippen LogP contribution in [0.2, 0.25) is 0 Å². The monoisotopic (exact) mass is 473 g/mol. The summed E-state index contributed by atoms with van der Waals surface area (Å²) in [6, 6.07) is 24.7. The molecule has 0 saturated carbocycles. The molecule has 0 aliphatic carbocycles. The number of carbonyl (C=O) groups is 1. The highest BCUT2D eigenvalue weighted by Gasteiger charge is 2.17. The predicted molar refractivity (Wildman–Crippen MR) is 133 cm³/mol. The fourth-order valence-corrected chi connectivity index (χ4v) is 3.88. The van der Waals surface area contributed by atoms with E-state index >= 15 is 0 Å². The first-order valence-electron chi connectivity index (χ1n) is 10.4. The van der Waals surface area contributed by atoms with Crippen molar-refractivity contribution in [2.45, 2.75) is 5.16 Å². The Morgan fingerprint density at radius 1 is 0.941 bits per heavy atom. The van der Waals surface area contributed by atoms with Crippen molar-refractivity contribution >= 4 is 23.9 Å². The lowest BCUT2D eigenvalue weighted by molar-refractivity contribution is -0.118. The quantitative estimate of drug-likeness (QED) is 0.223. The molecule has 0 saturated heterocycles. The molecule has 172 valence electrons. The third-order valence-electron chi connectivity index (χ3n) is 4.85. The molecule has 1 N–H and O–H groups in total. The lowest BCUT2D eigenvalue weighted by Crippen LogP contribution is -2.20. The molecular weight excluding hydrogens is 450 g/mol. The Hall–Kier alpha value is -4.11. The minimum atomic E-state index is -0.243. The number of benzene rings is 3. The maximum atomic E-state index is 12.4. The van der Waals surface area contributed by atoms with E-state index in [1.165, 1.54) is 11.8 Å². The lowest BCUT2D eigenvalue weighted by atomic mass is 10.2. The zero-order chi connectivity index (χ0) is 23.8. The molecule has 0 bridgehead atoms. The lowest BCUT2D eigenvalue weighted by Gasteiger charge is -2.11. The van der Waals surface area contributed by atoms with E-state index in [1.54, 1.807) is 20.4 Å². The van der Waals surface area contributed by atoms with Gasteiger partial charge in [0.15, 0.2) is 11.0 Å². The molecule has 9 heteroatoms. The number of hydrogen-bond acceptors (Lipinski definition) is 7. The van der Waals surface area contributed by atoms with Crippen LogP contribution >= 0.6 is 11.8 Å². The number of nitrogens with one attached hydrogen (secondary N) is 1. The van der Waals surface area contributed by atoms with Crippen LogP contribution in [0.25, 0.3) is 17.1 Å². The Morgan fingerprint density at radius 3 is 2.24 bits per heavy atom. The highest BCUT2D eigenvalue weighted by atomic mass is 32.2. The fraction of sp³-hybridized carbons (Fsp3) is 0.120. The Bertz CT molecular complexity index is 1260. The van der Waals surface area contributed by atoms with Gasteiger partial charge >= 0.3 is 0 Å². The van der Waals surface area contributed by atoms with Crippen LogP contribution in [-0.2, 0) is 4.79 Å². The van der Waals surface area contributed by atoms with Crippen molar-refractivity contribution in [2.75, 3.05) is 20.0 Å². The number of amides is 1. The van der Waals surface area contributed by atoms with E-state index in [0.717, 1.165) is 28.3 Å². The number of hydrogen-bond donors (Lipinski definition) is 1. The SMILES string of the molecule is COc1ccc(-c2nnc(SCC(=O)N/N=C\c3ccccc3)n2-c2ccc(OC)cc2)cc1. The van der Waals surface area contributed by atoms with Gasteiger partial charge in [-0.3, -0.25) is 9.36 Å². The van der Waals surface area contributed by atoms with E-state index in [-0.39, 0.29) is 11.7 Å². The molecule has 0 aliphatic heterocycles. The standard InChI is InChI=1S/C25H23N5O3S/c1-32-21-12-8-19(9-13-21)24-28-29-25(30(24)20-10-14-22(33-2)15-11-20)34-17-23(31)27-26-16-18-6-4-3-5-7-18/h3-16H,17H2,1-2H3,(H,27,31)/b26-16-. The summed E-state index contributed by atoms with van der Waals surface area (Å²) in [4.78, 5) is 12.4. The van der Waals surface area contributed by atoms with Gasteiger partial charge in [0.1, 0.15) is 11.5 Å². The number of rotatable bonds is 9. The zero-order valence-electron chi connectivity index (χ0n) is 18.7. The van der Waals surface area contributed by atoms with Crippen LogP contribution in [0.15, 0.2) is 89.1 Å². The highest BCUT2D eigenvalue weighted by Crippen LogP contribution is 2.29. The summed E-state index contributed by atoms with van der Waals surface area (Å²) >= 11 is 1.28. The Labute approximate surface area is 201 Å². The summed E-state index contributed by atoms with van der Waals surface area (Å²) in [7, 11) is 3.25. The Kier molecular flexibility index (Phi) is 7.56. The molecular formula is C25H23N5O3S. The van der Waals surface area contributed by atoms with E-state index in [0.29, 0.717) is 11.0 Å². The van der Waals surface area contributed by atoms with Gasteiger partial charge in [-0.2, -0.15) is 5.10 Å². The van der Waals surface area contributed by atoms with E-state index < -0.39 is 0 Å². The molecule has 1 aromatic heterocycles. The second-order valence-corrected chi connectivity index (χ2v) is 8.00. The molecule has 1 heterocycles. The van der Waals surface area contributed by atoms with E-state index in [1.807, 2.05) is 83.4 Å². The number of nitrogens with zero attached hydrogens (tertiary/aromatic N) is 4. The molecule has 1 amide bonds. The van der Waals surface area contributed by atoms with Crippen molar-refractivity contribution in [3.8, 4) is 28.6 Å². The molecule has 0 unspecified atom stereocenters. The second kappa shape index (κ2) is 11.2. The molecule has 0 fully saturated rings. The largest absolute Gasteiger partial charge is 0.497 e. The number of hydrazone groups is 1. The van der Waals surface area contributed by atoms with Crippen LogP contribution in [0.5, 0.6) is 11.5 Å². The Morgan fingerprint density at radius 2 is 1.59 bits per heavy atom. The topological polar surface area (TPSA) is 90.6 Å². The normalized spacial score (nSPS) is 10.9. The van der Waals surface area contributed by atoms with Crippen LogP contribution in [0.4, 0.5) is 0 Å². The summed E-state index contributed by atoms with van der Waals surface area (Å²) in [6.07, 6.45) is 1.60. The van der Waals surface area contributed by atoms with Gasteiger partial charge in [-0.1, -0.05) is 42.1 Å². The molecule has 0 spiro atoms. The smallest absolute Gasteiger partial charge is 0.250 e. The summed E-state index contributed by atoms with van der Waals surface area (Å²) < 4.78 is 12.4. The van der Waals surface area contributed by atoms with E-state index in [9.17, 15) is 4.79 Å². The van der Waals surface area contributed by atoms with Crippen molar-refractivity contribution in [1.29, 1.82) is 0 Å². The third-order valence-corrected chi connectivity index (χ3v) is 5.78. The minimum absolute atomic E-state index is 0.128. The van der Waals surface area contributed by atoms with Crippen molar-refractivity contribution in [1.82, 2.24) is 20.2 Å². The zero-order valence-corrected chi connectivity index (χ0v) is 19.5. The number of carbonyl (C=O) groups excluding carboxylic acids is 1. The number of aromatic nitrogens is 3. The molecule has 0 radical (unpaired) electrons. The maximum absolute atomic E-state index is 12.4. The third kappa shape index (κ3) is 5.62. The summed E-state index contributed by atoms with van der Waals surface area (Å²) in [5.41, 5.74) is 5.17. The van der Waals surface area contributed by atoms with Gasteiger partial charge in [0.05, 0.1) is 26.2 Å². The van der Waals surface area contributed by atoms with Crippen LogP contribution < -0.4 is 14.9 Å². The average Bonchev–Trinajstić information content (AvgIpc) is 3.32. The summed E-state index contributed by atoms with van der Waals surface area (Å²) in [6.45, 7) is 0. The van der Waals surface area contributed by atoms with Gasteiger partial charge in [0.25, 0.3) is 5.91 Å². The molecule has 34 heavy (non-hydrogen) atoms. The van der Waals surface area contributed by atoms with Crippen molar-refractivity contribution in [2.24, 2.45) is 5.10 Å². The molecule has 0 atom stereocenters. The van der Waals surface area contributed by atoms with Gasteiger partial charge in [-0.05, 0) is 54.1 Å². The van der Waals surface area contributed by atoms with Gasteiger partial charge in [0, 0.05) is 11.3 Å². The Balaban J connectivity index is 1.54. The van der Waals surface area contributed by atoms with E-state index in [4.69, 9.17) is 9.47 Å². The van der Waals surface area contributed by atoms with Gasteiger partial charge in [0.2, 0.25) is 0 Å². The molecule has 0 aliphatic rings. The van der Waals surface area contributed by atoms with Gasteiger partial charge in [-0.25, -0.2) is 5.43 Å². The molecule has 4 aromatic rings. The summed E-state index contributed by atoms with van der Waals surface area (Å²) in [5.74, 6) is 2.03. The minimum Gasteiger partial charge on any atom is -0.497 e. The van der Waals surface area contributed by atoms with Crippen molar-refractivity contribution in [3.05, 3.63) is 84.4 Å². The van der Waals surface area contributed by atoms with Crippen molar-refractivity contribution in [3.63, 3.8) is 0 Å². The van der Waals surface area contributed by atoms with Crippen LogP contribution in [0.3, 0.4) is 0 Å². The molecule has 4 rings (SSSR count). The molecule has 8 nitrogen and oxygen atoms in total. The van der Waals surface area contributed by atoms with Gasteiger partial charge < -0.3 is 9.47 Å². The number of ether oxygens (including phenoxy) is 2. The predicted octanol–water partition coefficient (Wildman–Crippen LogP) is 4.19. The van der Waals surface area contributed by atoms with Crippen LogP contribution in [0, 0.1) is 0 Å². The first kappa shape index (κ1) is 23.1. The first-order valence-corrected chi connectivity index (χ1v) is 11.4. The first-order chi connectivity index (χ1) is 16.7. The van der Waals surface area contributed by atoms with Crippen LogP contribution in [0.1, 0.15) is 5.56 Å². The highest BCUT2D eigenvalue weighted by molar-refractivity contribution is 7.99. The van der Waals surface area contributed by atoms with Crippen molar-refractivity contribution < 1.29 is 14.3 Å². The number of thioether (sulfide) groups is 1. The maximum Gasteiger partial charge on any atom is 0.250 e. The average molecular weight is 474 g/mol. The number of methoxy groups -OCH3 is 2. The van der Waals surface area contributed by atoms with E-state index in [2.05, 4.69) is 20.7 Å².